The van der Waals surface area contributed by atoms with Crippen LogP contribution in [0.5, 0.6) is 0 Å². The Morgan fingerprint density at radius 1 is 1.25 bits per heavy atom. The molecule has 0 bridgehead atoms. The van der Waals surface area contributed by atoms with Crippen LogP contribution in [0, 0.1) is 37.7 Å². The zero-order chi connectivity index (χ0) is 2.00. The van der Waals surface area contributed by atoms with Gasteiger partial charge >= 0.3 is 29.6 Å². The molecule has 0 saturated heterocycles. The molecule has 1 nitrogen and oxygen atoms in total. The van der Waals surface area contributed by atoms with Crippen molar-refractivity contribution in [1.29, 1.82) is 0 Å². The molecule has 0 radical (unpaired) electrons. The zero-order valence-electron chi connectivity index (χ0n) is 2.76. The average molecular weight is 94.0 g/mol. The van der Waals surface area contributed by atoms with Crippen molar-refractivity contribution in [3.05, 3.63) is 0 Å². The van der Waals surface area contributed by atoms with Crippen molar-refractivity contribution in [2.24, 2.45) is 0 Å². The van der Waals surface area contributed by atoms with E-state index in [0.717, 1.165) is 7.11 Å². The van der Waals surface area contributed by atoms with Crippen LogP contribution >= 0.6 is 0 Å². The number of rotatable bonds is 0. The minimum atomic E-state index is 0. The second-order valence-corrected chi connectivity index (χ2v) is 0. The van der Waals surface area contributed by atoms with E-state index in [-0.39, 0.29) is 67.3 Å². The van der Waals surface area contributed by atoms with Gasteiger partial charge in [0.1, 0.15) is 0 Å². The van der Waals surface area contributed by atoms with Crippen molar-refractivity contribution in [2.75, 3.05) is 7.11 Å². The molecule has 0 saturated carbocycles. The van der Waals surface area contributed by atoms with Crippen LogP contribution < -0.4 is 34.7 Å². The summed E-state index contributed by atoms with van der Waals surface area (Å²) in [5, 5.41) is 8.25. The fourth-order valence-corrected chi connectivity index (χ4v) is 0. The predicted molar refractivity (Wildman–Crippen MR) is 5.92 cm³/mol. The van der Waals surface area contributed by atoms with E-state index in [4.69, 9.17) is 5.11 Å². The molecular weight excluding hydrogens is 90.9 g/mol. The first-order valence-electron chi connectivity index (χ1n) is 0.408. The van der Waals surface area contributed by atoms with Gasteiger partial charge in [-0.05, 0) is 0 Å². The van der Waals surface area contributed by atoms with Gasteiger partial charge in [0.2, 0.25) is 0 Å². The number of hydrogen-bond acceptors (Lipinski definition) is 1. The average Bonchev–Trinajstić information content (AvgIpc) is 1.00. The van der Waals surface area contributed by atoms with E-state index in [1.165, 1.54) is 0 Å². The molecule has 0 amide bonds. The van der Waals surface area contributed by atoms with Crippen LogP contribution in [0.1, 0.15) is 0 Å². The van der Waals surface area contributed by atoms with E-state index in [0.29, 0.717) is 0 Å². The third kappa shape index (κ3) is 8.88. The van der Waals surface area contributed by atoms with Crippen molar-refractivity contribution < 1.29 is 72.4 Å². The smallest absolute Gasteiger partial charge is 0.857 e. The van der Waals surface area contributed by atoms with Crippen LogP contribution in [0.3, 0.4) is 0 Å². The van der Waals surface area contributed by atoms with Gasteiger partial charge in [0.05, 0.1) is 0 Å². The molecular formula is CH3ArNaO. The molecule has 0 heterocycles. The minimum Gasteiger partial charge on any atom is -0.857 e. The SMILES string of the molecule is C[O-].[Ar].[Na+]. The first kappa shape index (κ1) is 16.3. The summed E-state index contributed by atoms with van der Waals surface area (Å²) in [6, 6.07) is 0. The van der Waals surface area contributed by atoms with E-state index in [9.17, 15) is 0 Å². The number of hydrogen-bond donors (Lipinski definition) is 0. The van der Waals surface area contributed by atoms with Crippen molar-refractivity contribution in [2.45, 2.75) is 0 Å². The topological polar surface area (TPSA) is 23.1 Å². The maximum atomic E-state index is 8.25. The van der Waals surface area contributed by atoms with Gasteiger partial charge in [-0.3, -0.25) is 0 Å². The minimum absolute atomic E-state index is 0. The van der Waals surface area contributed by atoms with E-state index in [1.807, 2.05) is 0 Å². The van der Waals surface area contributed by atoms with Gasteiger partial charge in [-0.25, -0.2) is 0 Å². The Morgan fingerprint density at radius 3 is 1.25 bits per heavy atom. The molecule has 0 spiro atoms. The van der Waals surface area contributed by atoms with Gasteiger partial charge < -0.3 is 5.11 Å². The van der Waals surface area contributed by atoms with Crippen LogP contribution in [0.4, 0.5) is 0 Å². The summed E-state index contributed by atoms with van der Waals surface area (Å²) in [7, 11) is 0.750. The molecule has 0 aromatic heterocycles. The molecule has 0 aromatic carbocycles. The Labute approximate surface area is 78.1 Å². The first-order chi connectivity index (χ1) is 1.00. The fourth-order valence-electron chi connectivity index (χ4n) is 0. The fraction of sp³-hybridized carbons (Fsp3) is 1.00. The third-order valence-corrected chi connectivity index (χ3v) is 0. The van der Waals surface area contributed by atoms with Crippen LogP contribution in [0.15, 0.2) is 0 Å². The normalized spacial score (nSPS) is 1.50. The molecule has 0 aliphatic heterocycles. The Bertz CT molecular complexity index is 8.00. The molecule has 0 N–H and O–H groups in total. The van der Waals surface area contributed by atoms with Crippen LogP contribution in [0.25, 0.3) is 0 Å². The van der Waals surface area contributed by atoms with E-state index < -0.39 is 0 Å². The molecule has 4 heavy (non-hydrogen) atoms. The summed E-state index contributed by atoms with van der Waals surface area (Å²) in [6.07, 6.45) is 0. The van der Waals surface area contributed by atoms with Crippen LogP contribution in [-0.2, 0) is 0 Å². The monoisotopic (exact) mass is 94.0 g/mol. The van der Waals surface area contributed by atoms with Gasteiger partial charge in [0.25, 0.3) is 0 Å². The summed E-state index contributed by atoms with van der Waals surface area (Å²) in [6.45, 7) is 0. The Morgan fingerprint density at radius 2 is 1.25 bits per heavy atom. The van der Waals surface area contributed by atoms with Crippen molar-refractivity contribution in [3.8, 4) is 0 Å². The van der Waals surface area contributed by atoms with Crippen molar-refractivity contribution >= 4 is 0 Å². The summed E-state index contributed by atoms with van der Waals surface area (Å²) in [4.78, 5) is 0. The summed E-state index contributed by atoms with van der Waals surface area (Å²) in [5.41, 5.74) is 0. The molecule has 22 valence electrons. The maximum absolute atomic E-state index is 8.25. The molecule has 0 unspecified atom stereocenters. The van der Waals surface area contributed by atoms with E-state index in [2.05, 4.69) is 0 Å². The Hall–Kier alpha value is 2.22. The quantitative estimate of drug-likeness (QED) is 0.280. The molecule has 0 aliphatic rings. The third-order valence-electron chi connectivity index (χ3n) is 0. The summed E-state index contributed by atoms with van der Waals surface area (Å²) < 4.78 is 0. The Kier molecular flexibility index (Phi) is 77.1. The second-order valence-electron chi connectivity index (χ2n) is 0. The van der Waals surface area contributed by atoms with Gasteiger partial charge in [0.15, 0.2) is 0 Å². The van der Waals surface area contributed by atoms with E-state index in [1.54, 1.807) is 0 Å². The van der Waals surface area contributed by atoms with Gasteiger partial charge in [-0.1, -0.05) is 0 Å². The molecule has 3 heteroatoms. The molecule has 0 aromatic rings. The van der Waals surface area contributed by atoms with Crippen LogP contribution in [-0.4, -0.2) is 7.11 Å². The van der Waals surface area contributed by atoms with Crippen molar-refractivity contribution in [1.82, 2.24) is 0 Å². The summed E-state index contributed by atoms with van der Waals surface area (Å²) in [5.74, 6) is 0. The maximum Gasteiger partial charge on any atom is 1.00 e. The molecule has 0 rings (SSSR count). The van der Waals surface area contributed by atoms with Gasteiger partial charge in [0, 0.05) is 37.7 Å². The largest absolute Gasteiger partial charge is 1.00 e. The van der Waals surface area contributed by atoms with E-state index >= 15 is 0 Å². The van der Waals surface area contributed by atoms with Crippen molar-refractivity contribution in [3.63, 3.8) is 0 Å². The summed E-state index contributed by atoms with van der Waals surface area (Å²) >= 11 is 0. The predicted octanol–water partition coefficient (Wildman–Crippen LogP) is -4.02. The zero-order valence-corrected chi connectivity index (χ0v) is 5.47. The molecule has 0 aliphatic carbocycles. The van der Waals surface area contributed by atoms with Gasteiger partial charge in [-0.2, -0.15) is 7.11 Å². The standard InChI is InChI=1S/CH3O.Ar.Na/c1-2;;/h1H3;;/q-1;;+1. The molecule has 0 fully saturated rings. The molecule has 0 atom stereocenters. The first-order valence-corrected chi connectivity index (χ1v) is 0.408. The van der Waals surface area contributed by atoms with Crippen LogP contribution in [0.2, 0.25) is 0 Å². The Balaban J connectivity index is -0.00000000500. The second kappa shape index (κ2) is 18.9. The van der Waals surface area contributed by atoms with Gasteiger partial charge in [-0.15, -0.1) is 0 Å².